The third-order valence-electron chi connectivity index (χ3n) is 2.65. The van der Waals surface area contributed by atoms with E-state index in [0.29, 0.717) is 5.69 Å². The van der Waals surface area contributed by atoms with Gasteiger partial charge in [-0.3, -0.25) is 0 Å². The number of alkyl halides is 3. The maximum Gasteiger partial charge on any atom is 0.451 e. The van der Waals surface area contributed by atoms with Crippen molar-refractivity contribution in [2.45, 2.75) is 6.18 Å². The predicted octanol–water partition coefficient (Wildman–Crippen LogP) is 2.69. The van der Waals surface area contributed by atoms with E-state index >= 15 is 0 Å². The molecule has 2 aromatic rings. The molecule has 0 atom stereocenters. The van der Waals surface area contributed by atoms with Gasteiger partial charge in [-0.2, -0.15) is 13.2 Å². The minimum absolute atomic E-state index is 0.0733. The van der Waals surface area contributed by atoms with Gasteiger partial charge in [0.15, 0.2) is 0 Å². The van der Waals surface area contributed by atoms with Gasteiger partial charge < -0.3 is 10.3 Å². The average Bonchev–Trinajstić information content (AvgIpc) is 2.45. The van der Waals surface area contributed by atoms with Crippen LogP contribution in [-0.4, -0.2) is 17.0 Å². The quantitative estimate of drug-likeness (QED) is 0.518. The summed E-state index contributed by atoms with van der Waals surface area (Å²) in [6.07, 6.45) is -4.72. The molecule has 3 N–H and O–H groups in total. The lowest BCUT2D eigenvalue weighted by atomic mass is 10.3. The fraction of sp³-hybridized carbons (Fsp3) is 0.167. The first-order chi connectivity index (χ1) is 9.81. The van der Waals surface area contributed by atoms with Crippen molar-refractivity contribution < 1.29 is 17.6 Å². The molecule has 0 bridgehead atoms. The first kappa shape index (κ1) is 15.0. The SMILES string of the molecule is CN(c1cccc(F)c1)c1cc(NN)nc(C(F)(F)F)n1. The van der Waals surface area contributed by atoms with Crippen LogP contribution in [0.25, 0.3) is 0 Å². The molecule has 0 saturated heterocycles. The first-order valence-electron chi connectivity index (χ1n) is 5.73. The highest BCUT2D eigenvalue weighted by Crippen LogP contribution is 2.30. The fourth-order valence-corrected chi connectivity index (χ4v) is 1.62. The van der Waals surface area contributed by atoms with Crippen LogP contribution >= 0.6 is 0 Å². The highest BCUT2D eigenvalue weighted by molar-refractivity contribution is 5.61. The zero-order valence-corrected chi connectivity index (χ0v) is 10.8. The molecule has 0 saturated carbocycles. The summed E-state index contributed by atoms with van der Waals surface area (Å²) in [6.45, 7) is 0. The Hall–Kier alpha value is -2.42. The van der Waals surface area contributed by atoms with Crippen LogP contribution in [0.1, 0.15) is 5.82 Å². The van der Waals surface area contributed by atoms with Crippen molar-refractivity contribution in [3.8, 4) is 0 Å². The molecular formula is C12H11F4N5. The zero-order chi connectivity index (χ0) is 15.6. The number of hydrogen-bond acceptors (Lipinski definition) is 5. The van der Waals surface area contributed by atoms with Crippen LogP contribution in [0, 0.1) is 5.82 Å². The molecule has 0 aliphatic heterocycles. The van der Waals surface area contributed by atoms with E-state index in [1.54, 1.807) is 0 Å². The summed E-state index contributed by atoms with van der Waals surface area (Å²) in [6, 6.07) is 6.60. The van der Waals surface area contributed by atoms with Gasteiger partial charge in [-0.15, -0.1) is 0 Å². The Morgan fingerprint density at radius 3 is 2.48 bits per heavy atom. The molecule has 0 aliphatic carbocycles. The first-order valence-corrected chi connectivity index (χ1v) is 5.73. The van der Waals surface area contributed by atoms with E-state index in [1.165, 1.54) is 42.3 Å². The van der Waals surface area contributed by atoms with Crippen LogP contribution in [0.2, 0.25) is 0 Å². The van der Waals surface area contributed by atoms with Crippen LogP contribution in [0.15, 0.2) is 30.3 Å². The van der Waals surface area contributed by atoms with Gasteiger partial charge >= 0.3 is 6.18 Å². The number of nitrogens with one attached hydrogen (secondary N) is 1. The third kappa shape index (κ3) is 3.37. The molecule has 1 aromatic carbocycles. The summed E-state index contributed by atoms with van der Waals surface area (Å²) in [5, 5.41) is 0. The number of nitrogens with two attached hydrogens (primary N) is 1. The Bertz CT molecular complexity index is 644. The van der Waals surface area contributed by atoms with Crippen LogP contribution in [-0.2, 0) is 6.18 Å². The number of aromatic nitrogens is 2. The van der Waals surface area contributed by atoms with Gasteiger partial charge in [-0.25, -0.2) is 20.2 Å². The Morgan fingerprint density at radius 2 is 1.90 bits per heavy atom. The molecule has 9 heteroatoms. The molecule has 0 aliphatic rings. The van der Waals surface area contributed by atoms with E-state index in [4.69, 9.17) is 5.84 Å². The van der Waals surface area contributed by atoms with Crippen molar-refractivity contribution in [3.05, 3.63) is 42.0 Å². The summed E-state index contributed by atoms with van der Waals surface area (Å²) < 4.78 is 51.4. The van der Waals surface area contributed by atoms with Crippen LogP contribution in [0.5, 0.6) is 0 Å². The summed E-state index contributed by atoms with van der Waals surface area (Å²) >= 11 is 0. The highest BCUT2D eigenvalue weighted by Gasteiger charge is 2.35. The molecule has 5 nitrogen and oxygen atoms in total. The van der Waals surface area contributed by atoms with Gasteiger partial charge in [0.25, 0.3) is 0 Å². The van der Waals surface area contributed by atoms with Gasteiger partial charge in [0.05, 0.1) is 0 Å². The highest BCUT2D eigenvalue weighted by atomic mass is 19.4. The molecule has 112 valence electrons. The standard InChI is InChI=1S/C12H11F4N5/c1-21(8-4-2-3-7(13)5-8)10-6-9(20-17)18-11(19-10)12(14,15)16/h2-6H,17H2,1H3,(H,18,19,20). The number of nitrogen functional groups attached to an aromatic ring is 1. The number of hydrazine groups is 1. The van der Waals surface area contributed by atoms with Crippen LogP contribution in [0.4, 0.5) is 34.9 Å². The van der Waals surface area contributed by atoms with Crippen molar-refractivity contribution in [2.24, 2.45) is 5.84 Å². The number of hydrogen-bond donors (Lipinski definition) is 2. The van der Waals surface area contributed by atoms with E-state index in [0.717, 1.165) is 0 Å². The monoisotopic (exact) mass is 301 g/mol. The topological polar surface area (TPSA) is 67.1 Å². The van der Waals surface area contributed by atoms with E-state index < -0.39 is 17.8 Å². The smallest absolute Gasteiger partial charge is 0.329 e. The predicted molar refractivity (Wildman–Crippen MR) is 69.3 cm³/mol. The lowest BCUT2D eigenvalue weighted by Gasteiger charge is -2.20. The number of benzene rings is 1. The van der Waals surface area contributed by atoms with Crippen molar-refractivity contribution in [2.75, 3.05) is 17.4 Å². The van der Waals surface area contributed by atoms with Gasteiger partial charge in [-0.05, 0) is 18.2 Å². The second-order valence-electron chi connectivity index (χ2n) is 4.12. The van der Waals surface area contributed by atoms with E-state index in [-0.39, 0.29) is 11.6 Å². The lowest BCUT2D eigenvalue weighted by Crippen LogP contribution is -2.19. The summed E-state index contributed by atoms with van der Waals surface area (Å²) in [5.41, 5.74) is 2.38. The Kier molecular flexibility index (Phi) is 3.94. The van der Waals surface area contributed by atoms with Crippen LogP contribution in [0.3, 0.4) is 0 Å². The maximum absolute atomic E-state index is 13.2. The normalized spacial score (nSPS) is 11.3. The minimum Gasteiger partial charge on any atom is -0.329 e. The average molecular weight is 301 g/mol. The Labute approximate surface area is 117 Å². The Morgan fingerprint density at radius 1 is 1.19 bits per heavy atom. The van der Waals surface area contributed by atoms with Gasteiger partial charge in [-0.1, -0.05) is 6.07 Å². The number of halogens is 4. The second-order valence-corrected chi connectivity index (χ2v) is 4.12. The van der Waals surface area contributed by atoms with Gasteiger partial charge in [0, 0.05) is 18.8 Å². The summed E-state index contributed by atoms with van der Waals surface area (Å²) in [4.78, 5) is 7.97. The maximum atomic E-state index is 13.2. The largest absolute Gasteiger partial charge is 0.451 e. The van der Waals surface area contributed by atoms with Crippen LogP contribution < -0.4 is 16.2 Å². The summed E-state index contributed by atoms with van der Waals surface area (Å²) in [5.74, 6) is 2.99. The molecule has 21 heavy (non-hydrogen) atoms. The molecule has 0 radical (unpaired) electrons. The zero-order valence-electron chi connectivity index (χ0n) is 10.8. The van der Waals surface area contributed by atoms with Crippen molar-refractivity contribution in [1.82, 2.24) is 9.97 Å². The fourth-order valence-electron chi connectivity index (χ4n) is 1.62. The summed E-state index contributed by atoms with van der Waals surface area (Å²) in [7, 11) is 1.46. The molecule has 1 heterocycles. The molecule has 0 spiro atoms. The molecular weight excluding hydrogens is 290 g/mol. The molecule has 2 rings (SSSR count). The lowest BCUT2D eigenvalue weighted by molar-refractivity contribution is -0.144. The second kappa shape index (κ2) is 5.52. The minimum atomic E-state index is -4.72. The van der Waals surface area contributed by atoms with Crippen molar-refractivity contribution in [3.63, 3.8) is 0 Å². The number of anilines is 3. The van der Waals surface area contributed by atoms with E-state index in [9.17, 15) is 17.6 Å². The molecule has 0 unspecified atom stereocenters. The van der Waals surface area contributed by atoms with E-state index in [2.05, 4.69) is 9.97 Å². The van der Waals surface area contributed by atoms with Gasteiger partial charge in [0.1, 0.15) is 17.5 Å². The van der Waals surface area contributed by atoms with E-state index in [1.807, 2.05) is 5.43 Å². The van der Waals surface area contributed by atoms with Crippen molar-refractivity contribution in [1.29, 1.82) is 0 Å². The third-order valence-corrected chi connectivity index (χ3v) is 2.65. The number of rotatable bonds is 3. The Balaban J connectivity index is 2.47. The molecule has 1 aromatic heterocycles. The number of nitrogens with zero attached hydrogens (tertiary/aromatic N) is 3. The molecule has 0 fully saturated rings. The molecule has 0 amide bonds. The van der Waals surface area contributed by atoms with Gasteiger partial charge in [0.2, 0.25) is 5.82 Å². The van der Waals surface area contributed by atoms with Crippen molar-refractivity contribution >= 4 is 17.3 Å².